The standard InChI is InChI=1S/C20H15BrN2O2S2/c1-25-14-7-8-15-17(11-14)27-20(22-15)23(12-13-5-3-2-4-6-13)19(24)16-9-10-18(21)26-16/h2-11H,12H2,1H3. The fourth-order valence-corrected chi connectivity index (χ4v) is 5.02. The number of anilines is 1. The van der Waals surface area contributed by atoms with Crippen molar-refractivity contribution in [3.8, 4) is 5.75 Å². The smallest absolute Gasteiger partial charge is 0.270 e. The zero-order chi connectivity index (χ0) is 18.8. The lowest BCUT2D eigenvalue weighted by molar-refractivity contribution is 0.0989. The third kappa shape index (κ3) is 3.90. The minimum Gasteiger partial charge on any atom is -0.497 e. The van der Waals surface area contributed by atoms with Crippen LogP contribution in [0.2, 0.25) is 0 Å². The molecule has 0 aliphatic carbocycles. The minimum absolute atomic E-state index is 0.0550. The van der Waals surface area contributed by atoms with Crippen molar-refractivity contribution >= 4 is 59.9 Å². The molecule has 0 saturated carbocycles. The van der Waals surface area contributed by atoms with Gasteiger partial charge in [-0.15, -0.1) is 11.3 Å². The molecule has 0 aliphatic heterocycles. The highest BCUT2D eigenvalue weighted by Gasteiger charge is 2.23. The van der Waals surface area contributed by atoms with Gasteiger partial charge in [0.1, 0.15) is 5.75 Å². The largest absolute Gasteiger partial charge is 0.497 e. The van der Waals surface area contributed by atoms with E-state index < -0.39 is 0 Å². The number of nitrogens with zero attached hydrogens (tertiary/aromatic N) is 2. The number of ether oxygens (including phenoxy) is 1. The normalized spacial score (nSPS) is 10.9. The Hall–Kier alpha value is -2.22. The number of thiazole rings is 1. The van der Waals surface area contributed by atoms with E-state index in [0.29, 0.717) is 16.6 Å². The molecule has 0 aliphatic rings. The van der Waals surface area contributed by atoms with Crippen LogP contribution in [0.25, 0.3) is 10.2 Å². The maximum Gasteiger partial charge on any atom is 0.270 e. The van der Waals surface area contributed by atoms with Crippen molar-refractivity contribution in [3.63, 3.8) is 0 Å². The van der Waals surface area contributed by atoms with Gasteiger partial charge in [-0.1, -0.05) is 41.7 Å². The molecule has 4 aromatic rings. The number of hydrogen-bond donors (Lipinski definition) is 0. The van der Waals surface area contributed by atoms with Crippen molar-refractivity contribution in [1.29, 1.82) is 0 Å². The summed E-state index contributed by atoms with van der Waals surface area (Å²) in [5.41, 5.74) is 1.91. The number of hydrogen-bond acceptors (Lipinski definition) is 5. The first-order valence-electron chi connectivity index (χ1n) is 8.20. The lowest BCUT2D eigenvalue weighted by Crippen LogP contribution is -2.29. The van der Waals surface area contributed by atoms with Crippen molar-refractivity contribution in [2.75, 3.05) is 12.0 Å². The van der Waals surface area contributed by atoms with Gasteiger partial charge in [-0.2, -0.15) is 0 Å². The van der Waals surface area contributed by atoms with E-state index in [1.807, 2.05) is 60.7 Å². The highest BCUT2D eigenvalue weighted by Crippen LogP contribution is 2.34. The third-order valence-corrected chi connectivity index (χ3v) is 6.68. The van der Waals surface area contributed by atoms with E-state index in [4.69, 9.17) is 9.72 Å². The van der Waals surface area contributed by atoms with Crippen LogP contribution in [0, 0.1) is 0 Å². The van der Waals surface area contributed by atoms with Gasteiger partial charge in [0.05, 0.1) is 32.5 Å². The average Bonchev–Trinajstić information content (AvgIpc) is 3.31. The maximum atomic E-state index is 13.2. The Morgan fingerprint density at radius 1 is 1.11 bits per heavy atom. The monoisotopic (exact) mass is 458 g/mol. The van der Waals surface area contributed by atoms with Crippen molar-refractivity contribution < 1.29 is 9.53 Å². The number of fused-ring (bicyclic) bond motifs is 1. The molecule has 27 heavy (non-hydrogen) atoms. The van der Waals surface area contributed by atoms with E-state index in [1.165, 1.54) is 22.7 Å². The lowest BCUT2D eigenvalue weighted by Gasteiger charge is -2.19. The third-order valence-electron chi connectivity index (χ3n) is 4.03. The van der Waals surface area contributed by atoms with Gasteiger partial charge in [0.15, 0.2) is 5.13 Å². The molecule has 2 aromatic heterocycles. The number of amides is 1. The van der Waals surface area contributed by atoms with Gasteiger partial charge in [-0.3, -0.25) is 9.69 Å². The Bertz CT molecular complexity index is 1090. The van der Waals surface area contributed by atoms with Crippen LogP contribution < -0.4 is 9.64 Å². The Balaban J connectivity index is 1.75. The predicted molar refractivity (Wildman–Crippen MR) is 115 cm³/mol. The maximum absolute atomic E-state index is 13.2. The Labute approximate surface area is 173 Å². The predicted octanol–water partition coefficient (Wildman–Crippen LogP) is 5.98. The first-order valence-corrected chi connectivity index (χ1v) is 10.6. The number of carbonyl (C=O) groups is 1. The van der Waals surface area contributed by atoms with Gasteiger partial charge in [0.25, 0.3) is 5.91 Å². The second kappa shape index (κ2) is 7.80. The second-order valence-electron chi connectivity index (χ2n) is 5.81. The quantitative estimate of drug-likeness (QED) is 0.369. The summed E-state index contributed by atoms with van der Waals surface area (Å²) in [6.45, 7) is 0.464. The van der Waals surface area contributed by atoms with E-state index in [-0.39, 0.29) is 5.91 Å². The number of carbonyl (C=O) groups excluding carboxylic acids is 1. The number of halogens is 1. The summed E-state index contributed by atoms with van der Waals surface area (Å²) in [5, 5.41) is 0.677. The molecular weight excluding hydrogens is 444 g/mol. The summed E-state index contributed by atoms with van der Waals surface area (Å²) in [7, 11) is 1.64. The molecule has 0 atom stereocenters. The number of thiophene rings is 1. The lowest BCUT2D eigenvalue weighted by atomic mass is 10.2. The van der Waals surface area contributed by atoms with Crippen LogP contribution in [0.4, 0.5) is 5.13 Å². The Morgan fingerprint density at radius 2 is 1.93 bits per heavy atom. The molecule has 2 aromatic carbocycles. The summed E-state index contributed by atoms with van der Waals surface area (Å²) in [4.78, 5) is 20.3. The zero-order valence-electron chi connectivity index (χ0n) is 14.4. The van der Waals surface area contributed by atoms with Gasteiger partial charge in [-0.05, 0) is 51.8 Å². The molecule has 4 rings (SSSR count). The van der Waals surface area contributed by atoms with E-state index >= 15 is 0 Å². The van der Waals surface area contributed by atoms with Gasteiger partial charge >= 0.3 is 0 Å². The Kier molecular flexibility index (Phi) is 5.24. The second-order valence-corrected chi connectivity index (χ2v) is 9.28. The molecule has 136 valence electrons. The summed E-state index contributed by atoms with van der Waals surface area (Å²) in [5.74, 6) is 0.724. The molecule has 0 spiro atoms. The average molecular weight is 459 g/mol. The van der Waals surface area contributed by atoms with Crippen LogP contribution in [-0.2, 0) is 6.54 Å². The topological polar surface area (TPSA) is 42.4 Å². The number of benzene rings is 2. The summed E-state index contributed by atoms with van der Waals surface area (Å²) >= 11 is 6.35. The molecule has 0 bridgehead atoms. The van der Waals surface area contributed by atoms with Crippen LogP contribution in [0.15, 0.2) is 64.5 Å². The van der Waals surface area contributed by atoms with Crippen LogP contribution in [0.3, 0.4) is 0 Å². The van der Waals surface area contributed by atoms with Crippen molar-refractivity contribution in [1.82, 2.24) is 4.98 Å². The molecule has 0 unspecified atom stereocenters. The van der Waals surface area contributed by atoms with Gasteiger partial charge < -0.3 is 4.74 Å². The molecule has 1 amide bonds. The summed E-state index contributed by atoms with van der Waals surface area (Å²) < 4.78 is 7.22. The van der Waals surface area contributed by atoms with Crippen molar-refractivity contribution in [2.24, 2.45) is 0 Å². The molecular formula is C20H15BrN2O2S2. The zero-order valence-corrected chi connectivity index (χ0v) is 17.6. The van der Waals surface area contributed by atoms with E-state index in [1.54, 1.807) is 12.0 Å². The SMILES string of the molecule is COc1ccc2nc(N(Cc3ccccc3)C(=O)c3ccc(Br)s3)sc2c1. The van der Waals surface area contributed by atoms with E-state index in [9.17, 15) is 4.79 Å². The first kappa shape index (κ1) is 18.2. The van der Waals surface area contributed by atoms with Crippen LogP contribution >= 0.6 is 38.6 Å². The first-order chi connectivity index (χ1) is 13.1. The molecule has 4 nitrogen and oxygen atoms in total. The van der Waals surface area contributed by atoms with Gasteiger partial charge in [0, 0.05) is 0 Å². The summed E-state index contributed by atoms with van der Waals surface area (Å²) in [6.07, 6.45) is 0. The molecule has 0 saturated heterocycles. The molecule has 0 N–H and O–H groups in total. The highest BCUT2D eigenvalue weighted by atomic mass is 79.9. The molecule has 0 fully saturated rings. The van der Waals surface area contributed by atoms with E-state index in [2.05, 4.69) is 15.9 Å². The van der Waals surface area contributed by atoms with Gasteiger partial charge in [-0.25, -0.2) is 4.98 Å². The molecule has 7 heteroatoms. The fraction of sp³-hybridized carbons (Fsp3) is 0.100. The van der Waals surface area contributed by atoms with Crippen molar-refractivity contribution in [3.05, 3.63) is 74.9 Å². The number of rotatable bonds is 5. The van der Waals surface area contributed by atoms with Crippen LogP contribution in [-0.4, -0.2) is 18.0 Å². The van der Waals surface area contributed by atoms with Crippen LogP contribution in [0.1, 0.15) is 15.2 Å². The van der Waals surface area contributed by atoms with Crippen LogP contribution in [0.5, 0.6) is 5.75 Å². The summed E-state index contributed by atoms with van der Waals surface area (Å²) in [6, 6.07) is 19.4. The molecule has 0 radical (unpaired) electrons. The van der Waals surface area contributed by atoms with E-state index in [0.717, 1.165) is 25.3 Å². The van der Waals surface area contributed by atoms with Gasteiger partial charge in [0.2, 0.25) is 0 Å². The fourth-order valence-electron chi connectivity index (χ4n) is 2.69. The molecule has 2 heterocycles. The highest BCUT2D eigenvalue weighted by molar-refractivity contribution is 9.11. The minimum atomic E-state index is -0.0550. The van der Waals surface area contributed by atoms with Crippen molar-refractivity contribution in [2.45, 2.75) is 6.54 Å². The number of methoxy groups -OCH3 is 1. The Morgan fingerprint density at radius 3 is 2.63 bits per heavy atom. The number of aromatic nitrogens is 1.